The molecule has 0 bridgehead atoms. The fourth-order valence-corrected chi connectivity index (χ4v) is 6.78. The Kier molecular flexibility index (Phi) is 5.56. The number of aromatic nitrogens is 3. The van der Waals surface area contributed by atoms with Gasteiger partial charge in [0.05, 0.1) is 22.8 Å². The lowest BCUT2D eigenvalue weighted by atomic mass is 10.0. The van der Waals surface area contributed by atoms with Gasteiger partial charge in [-0.25, -0.2) is 8.42 Å². The molecule has 9 heteroatoms. The monoisotopic (exact) mass is 468 g/mol. The number of rotatable bonds is 6. The van der Waals surface area contributed by atoms with E-state index in [1.807, 2.05) is 24.3 Å². The van der Waals surface area contributed by atoms with E-state index in [4.69, 9.17) is 0 Å². The van der Waals surface area contributed by atoms with E-state index in [-0.39, 0.29) is 16.5 Å². The normalized spacial score (nSPS) is 14.4. The van der Waals surface area contributed by atoms with Crippen molar-refractivity contribution in [2.75, 3.05) is 10.8 Å². The molecule has 3 aromatic rings. The Hall–Kier alpha value is -3.20. The molecule has 2 aromatic heterocycles. The van der Waals surface area contributed by atoms with Gasteiger partial charge >= 0.3 is 0 Å². The molecule has 0 amide bonds. The molecule has 1 aromatic carbocycles. The van der Waals surface area contributed by atoms with Crippen molar-refractivity contribution in [3.05, 3.63) is 63.7 Å². The van der Waals surface area contributed by atoms with Gasteiger partial charge in [0.15, 0.2) is 5.78 Å². The molecule has 1 N–H and O–H groups in total. The third-order valence-electron chi connectivity index (χ3n) is 6.43. The summed E-state index contributed by atoms with van der Waals surface area (Å²) in [4.78, 5) is 28.5. The van der Waals surface area contributed by atoms with Crippen molar-refractivity contribution in [3.8, 4) is 0 Å². The van der Waals surface area contributed by atoms with E-state index in [0.29, 0.717) is 52.6 Å². The molecule has 3 heterocycles. The second-order valence-corrected chi connectivity index (χ2v) is 10.4. The van der Waals surface area contributed by atoms with Gasteiger partial charge < -0.3 is 4.98 Å². The number of Topliss-reactive ketones (excluding diaryl/α,β-unsaturated/α-hetero) is 2. The van der Waals surface area contributed by atoms with Crippen molar-refractivity contribution in [2.45, 2.75) is 58.9 Å². The first-order valence-corrected chi connectivity index (χ1v) is 12.3. The van der Waals surface area contributed by atoms with E-state index in [2.05, 4.69) is 10.1 Å². The number of hydrogen-bond acceptors (Lipinski definition) is 5. The van der Waals surface area contributed by atoms with Gasteiger partial charge in [-0.1, -0.05) is 18.2 Å². The smallest absolute Gasteiger partial charge is 0.268 e. The van der Waals surface area contributed by atoms with Crippen molar-refractivity contribution in [1.29, 1.82) is 0 Å². The number of aryl methyl sites for hydroxylation is 2. The van der Waals surface area contributed by atoms with Crippen LogP contribution in [-0.4, -0.2) is 41.3 Å². The Labute approximate surface area is 193 Å². The Bertz CT molecular complexity index is 1400. The van der Waals surface area contributed by atoms with Crippen molar-refractivity contribution in [2.24, 2.45) is 0 Å². The van der Waals surface area contributed by atoms with Crippen LogP contribution in [0, 0.1) is 27.7 Å². The van der Waals surface area contributed by atoms with Crippen molar-refractivity contribution >= 4 is 27.3 Å². The first-order chi connectivity index (χ1) is 15.5. The van der Waals surface area contributed by atoms with E-state index in [0.717, 1.165) is 5.56 Å². The molecular weight excluding hydrogens is 440 g/mol. The number of nitrogens with zero attached hydrogens (tertiary/aromatic N) is 3. The van der Waals surface area contributed by atoms with Crippen LogP contribution in [0.25, 0.3) is 0 Å². The quantitative estimate of drug-likeness (QED) is 0.554. The molecule has 0 spiro atoms. The predicted molar refractivity (Wildman–Crippen MR) is 126 cm³/mol. The molecule has 0 radical (unpaired) electrons. The lowest BCUT2D eigenvalue weighted by Gasteiger charge is -2.20. The maximum Gasteiger partial charge on any atom is 0.268 e. The third-order valence-corrected chi connectivity index (χ3v) is 8.50. The Balaban J connectivity index is 1.73. The standard InChI is InChI=1S/C24H28N4O4S/c1-13-21(18(6)29)14(2)25-22(13)23(30)16(4)28-17(5)24(15(3)26-28)33(31,32)27-12-11-19-9-7-8-10-20(19)27/h7-10,16,25H,11-12H2,1-6H3. The molecule has 0 saturated carbocycles. The highest BCUT2D eigenvalue weighted by atomic mass is 32.2. The molecule has 0 fully saturated rings. The minimum Gasteiger partial charge on any atom is -0.355 e. The number of hydrogen-bond donors (Lipinski definition) is 1. The van der Waals surface area contributed by atoms with E-state index in [1.54, 1.807) is 34.6 Å². The fraction of sp³-hybridized carbons (Fsp3) is 0.375. The zero-order valence-electron chi connectivity index (χ0n) is 19.7. The first-order valence-electron chi connectivity index (χ1n) is 10.9. The second kappa shape index (κ2) is 7.98. The molecule has 1 atom stereocenters. The molecule has 0 saturated heterocycles. The van der Waals surface area contributed by atoms with E-state index < -0.39 is 16.1 Å². The highest BCUT2D eigenvalue weighted by molar-refractivity contribution is 7.93. The van der Waals surface area contributed by atoms with Crippen LogP contribution < -0.4 is 4.31 Å². The molecular formula is C24H28N4O4S. The number of anilines is 1. The lowest BCUT2D eigenvalue weighted by Crippen LogP contribution is -2.30. The average Bonchev–Trinajstić information content (AvgIpc) is 3.40. The summed E-state index contributed by atoms with van der Waals surface area (Å²) in [5.74, 6) is -0.373. The number of fused-ring (bicyclic) bond motifs is 1. The number of nitrogens with one attached hydrogen (secondary N) is 1. The minimum absolute atomic E-state index is 0.113. The van der Waals surface area contributed by atoms with Crippen LogP contribution in [0.2, 0.25) is 0 Å². The van der Waals surface area contributed by atoms with E-state index >= 15 is 0 Å². The summed E-state index contributed by atoms with van der Waals surface area (Å²) in [5.41, 5.74) is 4.52. The molecule has 4 rings (SSSR count). The van der Waals surface area contributed by atoms with Crippen molar-refractivity contribution in [3.63, 3.8) is 0 Å². The zero-order chi connectivity index (χ0) is 24.2. The van der Waals surface area contributed by atoms with Gasteiger partial charge in [-0.05, 0) is 65.2 Å². The molecule has 1 unspecified atom stereocenters. The van der Waals surface area contributed by atoms with Gasteiger partial charge in [0.2, 0.25) is 5.78 Å². The van der Waals surface area contributed by atoms with Crippen LogP contribution in [0.4, 0.5) is 5.69 Å². The summed E-state index contributed by atoms with van der Waals surface area (Å²) in [6, 6.07) is 6.72. The SMILES string of the molecule is CC(=O)c1c(C)[nH]c(C(=O)C(C)n2nc(C)c(S(=O)(=O)N3CCc4ccccc43)c2C)c1C. The predicted octanol–water partition coefficient (Wildman–Crippen LogP) is 3.84. The number of carbonyl (C=O) groups excluding carboxylic acids is 2. The third kappa shape index (κ3) is 3.51. The number of H-pyrrole nitrogens is 1. The topological polar surface area (TPSA) is 105 Å². The van der Waals surface area contributed by atoms with Gasteiger partial charge in [0, 0.05) is 17.8 Å². The summed E-state index contributed by atoms with van der Waals surface area (Å²) in [6.07, 6.45) is 0.653. The first kappa shape index (κ1) is 23.0. The molecule has 1 aliphatic rings. The van der Waals surface area contributed by atoms with Gasteiger partial charge in [-0.3, -0.25) is 18.6 Å². The Morgan fingerprint density at radius 2 is 1.79 bits per heavy atom. The number of ketones is 2. The van der Waals surface area contributed by atoms with Gasteiger partial charge in [0.25, 0.3) is 10.0 Å². The zero-order valence-corrected chi connectivity index (χ0v) is 20.5. The number of carbonyl (C=O) groups is 2. The number of para-hydroxylation sites is 1. The average molecular weight is 469 g/mol. The number of benzene rings is 1. The van der Waals surface area contributed by atoms with Crippen LogP contribution in [0.1, 0.15) is 68.9 Å². The van der Waals surface area contributed by atoms with Gasteiger partial charge in [-0.2, -0.15) is 5.10 Å². The van der Waals surface area contributed by atoms with Crippen LogP contribution in [0.3, 0.4) is 0 Å². The molecule has 8 nitrogen and oxygen atoms in total. The van der Waals surface area contributed by atoms with E-state index in [1.165, 1.54) is 15.9 Å². The molecule has 33 heavy (non-hydrogen) atoms. The Morgan fingerprint density at radius 1 is 1.12 bits per heavy atom. The van der Waals surface area contributed by atoms with Crippen molar-refractivity contribution < 1.29 is 18.0 Å². The summed E-state index contributed by atoms with van der Waals surface area (Å²) in [7, 11) is -3.85. The Morgan fingerprint density at radius 3 is 2.42 bits per heavy atom. The van der Waals surface area contributed by atoms with Crippen LogP contribution in [0.5, 0.6) is 0 Å². The molecule has 174 valence electrons. The van der Waals surface area contributed by atoms with Crippen LogP contribution >= 0.6 is 0 Å². The largest absolute Gasteiger partial charge is 0.355 e. The number of aromatic amines is 1. The molecule has 1 aliphatic heterocycles. The second-order valence-electron chi connectivity index (χ2n) is 8.62. The van der Waals surface area contributed by atoms with Crippen LogP contribution in [0.15, 0.2) is 29.2 Å². The summed E-state index contributed by atoms with van der Waals surface area (Å²) in [6.45, 7) is 10.3. The van der Waals surface area contributed by atoms with Crippen molar-refractivity contribution in [1.82, 2.24) is 14.8 Å². The van der Waals surface area contributed by atoms with Gasteiger partial charge in [-0.15, -0.1) is 0 Å². The fourth-order valence-electron chi connectivity index (χ4n) is 4.91. The highest BCUT2D eigenvalue weighted by Crippen LogP contribution is 2.35. The minimum atomic E-state index is -3.85. The maximum atomic E-state index is 13.6. The highest BCUT2D eigenvalue weighted by Gasteiger charge is 2.36. The maximum absolute atomic E-state index is 13.6. The lowest BCUT2D eigenvalue weighted by molar-refractivity contribution is 0.0921. The van der Waals surface area contributed by atoms with Crippen LogP contribution in [-0.2, 0) is 16.4 Å². The summed E-state index contributed by atoms with van der Waals surface area (Å²) in [5, 5.41) is 4.45. The summed E-state index contributed by atoms with van der Waals surface area (Å²) < 4.78 is 30.2. The summed E-state index contributed by atoms with van der Waals surface area (Å²) >= 11 is 0. The van der Waals surface area contributed by atoms with E-state index in [9.17, 15) is 18.0 Å². The molecule has 0 aliphatic carbocycles. The van der Waals surface area contributed by atoms with Gasteiger partial charge in [0.1, 0.15) is 10.9 Å². The number of sulfonamides is 1.